The Morgan fingerprint density at radius 1 is 1.19 bits per heavy atom. The molecule has 1 saturated heterocycles. The number of nitrogens with one attached hydrogen (secondary N) is 1. The third-order valence-electron chi connectivity index (χ3n) is 4.22. The molecule has 0 saturated carbocycles. The Hall–Kier alpha value is -2.87. The van der Waals surface area contributed by atoms with Gasteiger partial charge in [0.05, 0.1) is 27.4 Å². The summed E-state index contributed by atoms with van der Waals surface area (Å²) in [6.07, 6.45) is 2.90. The van der Waals surface area contributed by atoms with Crippen LogP contribution in [0.15, 0.2) is 30.6 Å². The number of rotatable bonds is 5. The molecule has 1 amide bonds. The zero-order valence-corrected chi connectivity index (χ0v) is 15.1. The van der Waals surface area contributed by atoms with Crippen molar-refractivity contribution in [3.05, 3.63) is 41.9 Å². The molecule has 8 heteroatoms. The predicted molar refractivity (Wildman–Crippen MR) is 95.7 cm³/mol. The number of benzene rings is 1. The third kappa shape index (κ3) is 3.70. The highest BCUT2D eigenvalue weighted by Crippen LogP contribution is 2.28. The molecule has 0 aliphatic carbocycles. The maximum absolute atomic E-state index is 13.0. The van der Waals surface area contributed by atoms with Gasteiger partial charge in [-0.1, -0.05) is 0 Å². The molecule has 1 aliphatic heterocycles. The molecule has 8 nitrogen and oxygen atoms in total. The number of ether oxygens (including phenoxy) is 3. The van der Waals surface area contributed by atoms with Crippen molar-refractivity contribution in [2.75, 3.05) is 46.3 Å². The molecule has 2 heterocycles. The molecule has 0 radical (unpaired) electrons. The Kier molecular flexibility index (Phi) is 5.52. The number of carbonyl (C=O) groups is 1. The number of morpholine rings is 1. The summed E-state index contributed by atoms with van der Waals surface area (Å²) in [5.74, 6) is 1.69. The minimum atomic E-state index is -0.337. The number of hydrogen-bond donors (Lipinski definition) is 1. The Balaban J connectivity index is 1.82. The van der Waals surface area contributed by atoms with Gasteiger partial charge in [-0.15, -0.1) is 0 Å². The van der Waals surface area contributed by atoms with E-state index < -0.39 is 0 Å². The summed E-state index contributed by atoms with van der Waals surface area (Å²) in [4.78, 5) is 23.3. The van der Waals surface area contributed by atoms with Crippen LogP contribution >= 0.6 is 0 Å². The molecule has 1 aromatic carbocycles. The van der Waals surface area contributed by atoms with E-state index >= 15 is 0 Å². The highest BCUT2D eigenvalue weighted by Gasteiger charge is 2.29. The summed E-state index contributed by atoms with van der Waals surface area (Å²) >= 11 is 0. The zero-order chi connectivity index (χ0) is 18.5. The maximum atomic E-state index is 13.0. The lowest BCUT2D eigenvalue weighted by molar-refractivity contribution is -0.0245. The molecule has 3 rings (SSSR count). The minimum Gasteiger partial charge on any atom is -0.497 e. The van der Waals surface area contributed by atoms with Crippen LogP contribution in [0.4, 0.5) is 5.82 Å². The van der Waals surface area contributed by atoms with Gasteiger partial charge in [-0.25, -0.2) is 4.98 Å². The van der Waals surface area contributed by atoms with E-state index in [1.165, 1.54) is 0 Å². The van der Waals surface area contributed by atoms with Gasteiger partial charge in [0.1, 0.15) is 29.1 Å². The molecule has 1 aromatic heterocycles. The molecule has 1 N–H and O–H groups in total. The maximum Gasteiger partial charge on any atom is 0.254 e. The summed E-state index contributed by atoms with van der Waals surface area (Å²) in [5.41, 5.74) is 1.20. The van der Waals surface area contributed by atoms with Gasteiger partial charge in [-0.2, -0.15) is 0 Å². The van der Waals surface area contributed by atoms with Crippen LogP contribution in [0.3, 0.4) is 0 Å². The molecular formula is C18H22N4O4. The molecular weight excluding hydrogens is 336 g/mol. The van der Waals surface area contributed by atoms with Crippen molar-refractivity contribution >= 4 is 11.7 Å². The molecule has 1 aliphatic rings. The lowest BCUT2D eigenvalue weighted by Crippen LogP contribution is -2.42. The number of methoxy groups -OCH3 is 2. The smallest absolute Gasteiger partial charge is 0.254 e. The summed E-state index contributed by atoms with van der Waals surface area (Å²) < 4.78 is 16.3. The number of amides is 1. The fourth-order valence-corrected chi connectivity index (χ4v) is 2.89. The van der Waals surface area contributed by atoms with Crippen LogP contribution < -0.4 is 14.8 Å². The Morgan fingerprint density at radius 2 is 1.88 bits per heavy atom. The summed E-state index contributed by atoms with van der Waals surface area (Å²) in [5, 5.41) is 3.01. The van der Waals surface area contributed by atoms with Gasteiger partial charge in [-0.3, -0.25) is 9.78 Å². The fourth-order valence-electron chi connectivity index (χ4n) is 2.89. The standard InChI is InChI=1S/C18H22N4O4/c1-19-17-16(20-4-5-21-17)15-11-22(6-7-26-15)18(23)12-8-13(24-2)10-14(9-12)25-3/h4-5,8-10,15H,6-7,11H2,1-3H3,(H,19,21)/t15-/m0/s1. The normalized spacial score (nSPS) is 16.9. The number of hydrogen-bond acceptors (Lipinski definition) is 7. The minimum absolute atomic E-state index is 0.106. The van der Waals surface area contributed by atoms with E-state index in [9.17, 15) is 4.79 Å². The largest absolute Gasteiger partial charge is 0.497 e. The Labute approximate surface area is 152 Å². The van der Waals surface area contributed by atoms with E-state index in [1.54, 1.807) is 56.8 Å². The van der Waals surface area contributed by atoms with Gasteiger partial charge in [0.25, 0.3) is 5.91 Å². The molecule has 26 heavy (non-hydrogen) atoms. The summed E-state index contributed by atoms with van der Waals surface area (Å²) in [6.45, 7) is 1.33. The van der Waals surface area contributed by atoms with Crippen molar-refractivity contribution in [3.8, 4) is 11.5 Å². The van der Waals surface area contributed by atoms with Crippen molar-refractivity contribution in [2.24, 2.45) is 0 Å². The molecule has 0 spiro atoms. The van der Waals surface area contributed by atoms with Gasteiger partial charge in [0.15, 0.2) is 0 Å². The first-order chi connectivity index (χ1) is 12.7. The average molecular weight is 358 g/mol. The number of aromatic nitrogens is 2. The highest BCUT2D eigenvalue weighted by atomic mass is 16.5. The van der Waals surface area contributed by atoms with Crippen LogP contribution in [0, 0.1) is 0 Å². The van der Waals surface area contributed by atoms with Crippen LogP contribution in [-0.2, 0) is 4.74 Å². The number of anilines is 1. The fraction of sp³-hybridized carbons (Fsp3) is 0.389. The van der Waals surface area contributed by atoms with E-state index in [1.807, 2.05) is 0 Å². The van der Waals surface area contributed by atoms with E-state index in [-0.39, 0.29) is 12.0 Å². The molecule has 1 fully saturated rings. The second kappa shape index (κ2) is 8.01. The van der Waals surface area contributed by atoms with Crippen LogP contribution in [0.5, 0.6) is 11.5 Å². The lowest BCUT2D eigenvalue weighted by atomic mass is 10.1. The monoisotopic (exact) mass is 358 g/mol. The third-order valence-corrected chi connectivity index (χ3v) is 4.22. The van der Waals surface area contributed by atoms with E-state index in [0.29, 0.717) is 48.3 Å². The van der Waals surface area contributed by atoms with Gasteiger partial charge in [0.2, 0.25) is 0 Å². The predicted octanol–water partition coefficient (Wildman–Crippen LogP) is 1.75. The summed E-state index contributed by atoms with van der Waals surface area (Å²) in [7, 11) is 4.89. The quantitative estimate of drug-likeness (QED) is 0.871. The number of nitrogens with zero attached hydrogens (tertiary/aromatic N) is 3. The van der Waals surface area contributed by atoms with Crippen molar-refractivity contribution in [1.29, 1.82) is 0 Å². The second-order valence-corrected chi connectivity index (χ2v) is 5.75. The van der Waals surface area contributed by atoms with Crippen LogP contribution in [0.1, 0.15) is 22.2 Å². The Morgan fingerprint density at radius 3 is 2.54 bits per heavy atom. The molecule has 2 aromatic rings. The van der Waals surface area contributed by atoms with Gasteiger partial charge < -0.3 is 24.4 Å². The first-order valence-electron chi connectivity index (χ1n) is 8.29. The van der Waals surface area contributed by atoms with Gasteiger partial charge >= 0.3 is 0 Å². The van der Waals surface area contributed by atoms with Crippen molar-refractivity contribution in [1.82, 2.24) is 14.9 Å². The molecule has 138 valence electrons. The highest BCUT2D eigenvalue weighted by molar-refractivity contribution is 5.95. The molecule has 0 unspecified atom stereocenters. The summed E-state index contributed by atoms with van der Waals surface area (Å²) in [6, 6.07) is 5.14. The Bertz CT molecular complexity index is 761. The first kappa shape index (κ1) is 17.9. The van der Waals surface area contributed by atoms with E-state index in [2.05, 4.69) is 15.3 Å². The van der Waals surface area contributed by atoms with E-state index in [4.69, 9.17) is 14.2 Å². The van der Waals surface area contributed by atoms with Crippen LogP contribution in [0.25, 0.3) is 0 Å². The van der Waals surface area contributed by atoms with Crippen LogP contribution in [0.2, 0.25) is 0 Å². The molecule has 0 bridgehead atoms. The van der Waals surface area contributed by atoms with Crippen molar-refractivity contribution < 1.29 is 19.0 Å². The number of carbonyl (C=O) groups excluding carboxylic acids is 1. The SMILES string of the molecule is CNc1nccnc1[C@@H]1CN(C(=O)c2cc(OC)cc(OC)c2)CCO1. The zero-order valence-electron chi connectivity index (χ0n) is 15.1. The van der Waals surface area contributed by atoms with Crippen LogP contribution in [-0.4, -0.2) is 61.7 Å². The van der Waals surface area contributed by atoms with Crippen molar-refractivity contribution in [2.45, 2.75) is 6.10 Å². The van der Waals surface area contributed by atoms with Crippen molar-refractivity contribution in [3.63, 3.8) is 0 Å². The lowest BCUT2D eigenvalue weighted by Gasteiger charge is -2.33. The first-order valence-corrected chi connectivity index (χ1v) is 8.29. The average Bonchev–Trinajstić information content (AvgIpc) is 2.72. The van der Waals surface area contributed by atoms with Gasteiger partial charge in [0, 0.05) is 37.6 Å². The topological polar surface area (TPSA) is 85.8 Å². The molecule has 1 atom stereocenters. The second-order valence-electron chi connectivity index (χ2n) is 5.75. The van der Waals surface area contributed by atoms with Gasteiger partial charge in [-0.05, 0) is 12.1 Å². The van der Waals surface area contributed by atoms with E-state index in [0.717, 1.165) is 0 Å².